The summed E-state index contributed by atoms with van der Waals surface area (Å²) in [5.41, 5.74) is 12.9. The number of rotatable bonds is 3. The fourth-order valence-corrected chi connectivity index (χ4v) is 1.89. The van der Waals surface area contributed by atoms with Crippen molar-refractivity contribution in [2.75, 3.05) is 13.2 Å². The van der Waals surface area contributed by atoms with Gasteiger partial charge in [-0.3, -0.25) is 5.41 Å². The van der Waals surface area contributed by atoms with Gasteiger partial charge < -0.3 is 16.2 Å². The molecule has 1 aromatic carbocycles. The van der Waals surface area contributed by atoms with Gasteiger partial charge >= 0.3 is 0 Å². The molecule has 0 spiro atoms. The molecule has 1 aliphatic rings. The molecule has 0 saturated carbocycles. The Hall–Kier alpha value is -1.55. The van der Waals surface area contributed by atoms with Gasteiger partial charge in [-0.2, -0.15) is 0 Å². The summed E-state index contributed by atoms with van der Waals surface area (Å²) in [5, 5.41) is 7.38. The monoisotopic (exact) mass is 205 g/mol. The molecule has 5 N–H and O–H groups in total. The van der Waals surface area contributed by atoms with Gasteiger partial charge in [-0.1, -0.05) is 0 Å². The molecule has 4 heteroatoms. The molecule has 1 unspecified atom stereocenters. The number of hydrogen-bond acceptors (Lipinski definition) is 3. The Kier molecular flexibility index (Phi) is 2.60. The Morgan fingerprint density at radius 3 is 3.00 bits per heavy atom. The lowest BCUT2D eigenvalue weighted by Crippen LogP contribution is -2.12. The van der Waals surface area contributed by atoms with Gasteiger partial charge in [-0.25, -0.2) is 0 Å². The first-order valence-corrected chi connectivity index (χ1v) is 5.03. The second kappa shape index (κ2) is 3.90. The highest BCUT2D eigenvalue weighted by atomic mass is 16.5. The molecular formula is C11H15N3O. The molecule has 4 nitrogen and oxygen atoms in total. The van der Waals surface area contributed by atoms with Crippen molar-refractivity contribution in [2.24, 2.45) is 11.5 Å². The zero-order valence-corrected chi connectivity index (χ0v) is 8.49. The van der Waals surface area contributed by atoms with Gasteiger partial charge in [0.2, 0.25) is 0 Å². The average Bonchev–Trinajstić information content (AvgIpc) is 2.61. The van der Waals surface area contributed by atoms with Gasteiger partial charge in [0.25, 0.3) is 0 Å². The van der Waals surface area contributed by atoms with Crippen molar-refractivity contribution in [3.8, 4) is 5.75 Å². The van der Waals surface area contributed by atoms with Crippen LogP contribution < -0.4 is 16.2 Å². The molecule has 2 rings (SSSR count). The van der Waals surface area contributed by atoms with Crippen molar-refractivity contribution in [1.29, 1.82) is 5.41 Å². The summed E-state index contributed by atoms with van der Waals surface area (Å²) >= 11 is 0. The van der Waals surface area contributed by atoms with Crippen LogP contribution in [-0.4, -0.2) is 19.0 Å². The standard InChI is InChI=1S/C11H15N3O/c12-4-3-8-6-15-10-2-1-7(11(13)14)5-9(8)10/h1-2,5,8H,3-4,6,12H2,(H3,13,14). The van der Waals surface area contributed by atoms with E-state index in [0.29, 0.717) is 19.1 Å². The van der Waals surface area contributed by atoms with Gasteiger partial charge in [-0.15, -0.1) is 0 Å². The fourth-order valence-electron chi connectivity index (χ4n) is 1.89. The SMILES string of the molecule is N=C(N)c1ccc2c(c1)C(CCN)CO2. The zero-order valence-electron chi connectivity index (χ0n) is 8.49. The summed E-state index contributed by atoms with van der Waals surface area (Å²) in [5.74, 6) is 1.35. The molecular weight excluding hydrogens is 190 g/mol. The van der Waals surface area contributed by atoms with Crippen LogP contribution in [0.5, 0.6) is 5.75 Å². The molecule has 0 aromatic heterocycles. The molecule has 0 radical (unpaired) electrons. The van der Waals surface area contributed by atoms with E-state index in [4.69, 9.17) is 21.6 Å². The van der Waals surface area contributed by atoms with Gasteiger partial charge in [0, 0.05) is 17.0 Å². The third-order valence-electron chi connectivity index (χ3n) is 2.72. The number of hydrogen-bond donors (Lipinski definition) is 3. The summed E-state index contributed by atoms with van der Waals surface area (Å²) in [6, 6.07) is 5.62. The van der Waals surface area contributed by atoms with Gasteiger partial charge in [0.1, 0.15) is 11.6 Å². The predicted molar refractivity (Wildman–Crippen MR) is 59.4 cm³/mol. The van der Waals surface area contributed by atoms with Crippen LogP contribution >= 0.6 is 0 Å². The van der Waals surface area contributed by atoms with E-state index in [1.165, 1.54) is 0 Å². The zero-order chi connectivity index (χ0) is 10.8. The van der Waals surface area contributed by atoms with E-state index in [1.54, 1.807) is 0 Å². The number of nitrogens with two attached hydrogens (primary N) is 2. The van der Waals surface area contributed by atoms with Crippen LogP contribution in [0.2, 0.25) is 0 Å². The van der Waals surface area contributed by atoms with E-state index in [2.05, 4.69) is 0 Å². The summed E-state index contributed by atoms with van der Waals surface area (Å²) in [6.07, 6.45) is 0.911. The summed E-state index contributed by atoms with van der Waals surface area (Å²) in [7, 11) is 0. The van der Waals surface area contributed by atoms with E-state index in [1.807, 2.05) is 18.2 Å². The topological polar surface area (TPSA) is 85.1 Å². The fraction of sp³-hybridized carbons (Fsp3) is 0.364. The maximum atomic E-state index is 7.38. The normalized spacial score (nSPS) is 18.3. The Labute approximate surface area is 88.7 Å². The van der Waals surface area contributed by atoms with Gasteiger partial charge in [0.05, 0.1) is 6.61 Å². The van der Waals surface area contributed by atoms with Crippen molar-refractivity contribution < 1.29 is 4.74 Å². The van der Waals surface area contributed by atoms with E-state index in [-0.39, 0.29) is 5.84 Å². The molecule has 1 aliphatic heterocycles. The number of ether oxygens (including phenoxy) is 1. The summed E-state index contributed by atoms with van der Waals surface area (Å²) in [4.78, 5) is 0. The third kappa shape index (κ3) is 1.80. The van der Waals surface area contributed by atoms with Crippen molar-refractivity contribution in [2.45, 2.75) is 12.3 Å². The number of benzene rings is 1. The first-order chi connectivity index (χ1) is 7.22. The van der Waals surface area contributed by atoms with E-state index >= 15 is 0 Å². The molecule has 1 heterocycles. The molecule has 80 valence electrons. The van der Waals surface area contributed by atoms with Crippen molar-refractivity contribution >= 4 is 5.84 Å². The minimum Gasteiger partial charge on any atom is -0.493 e. The Balaban J connectivity index is 2.33. The van der Waals surface area contributed by atoms with E-state index in [0.717, 1.165) is 23.3 Å². The second-order valence-electron chi connectivity index (χ2n) is 3.75. The van der Waals surface area contributed by atoms with Crippen molar-refractivity contribution in [3.05, 3.63) is 29.3 Å². The first kappa shape index (κ1) is 9.98. The van der Waals surface area contributed by atoms with E-state index < -0.39 is 0 Å². The molecule has 0 bridgehead atoms. The first-order valence-electron chi connectivity index (χ1n) is 5.03. The number of nitrogen functional groups attached to an aromatic ring is 1. The van der Waals surface area contributed by atoms with E-state index in [9.17, 15) is 0 Å². The minimum absolute atomic E-state index is 0.0937. The molecule has 15 heavy (non-hydrogen) atoms. The Morgan fingerprint density at radius 2 is 2.33 bits per heavy atom. The highest BCUT2D eigenvalue weighted by Gasteiger charge is 2.23. The van der Waals surface area contributed by atoms with Crippen LogP contribution in [0.3, 0.4) is 0 Å². The van der Waals surface area contributed by atoms with Crippen LogP contribution in [0.15, 0.2) is 18.2 Å². The molecule has 0 amide bonds. The molecule has 0 fully saturated rings. The van der Waals surface area contributed by atoms with Crippen LogP contribution in [-0.2, 0) is 0 Å². The third-order valence-corrected chi connectivity index (χ3v) is 2.72. The van der Waals surface area contributed by atoms with Gasteiger partial charge in [-0.05, 0) is 31.2 Å². The Morgan fingerprint density at radius 1 is 1.53 bits per heavy atom. The van der Waals surface area contributed by atoms with Crippen LogP contribution in [0, 0.1) is 5.41 Å². The number of amidine groups is 1. The maximum Gasteiger partial charge on any atom is 0.122 e. The average molecular weight is 205 g/mol. The lowest BCUT2D eigenvalue weighted by Gasteiger charge is -2.07. The number of nitrogens with one attached hydrogen (secondary N) is 1. The quantitative estimate of drug-likeness (QED) is 0.504. The lowest BCUT2D eigenvalue weighted by atomic mass is 9.96. The molecule has 0 saturated heterocycles. The Bertz CT molecular complexity index is 387. The largest absolute Gasteiger partial charge is 0.493 e. The molecule has 0 aliphatic carbocycles. The van der Waals surface area contributed by atoms with Gasteiger partial charge in [0.15, 0.2) is 0 Å². The highest BCUT2D eigenvalue weighted by Crippen LogP contribution is 2.35. The minimum atomic E-state index is 0.0937. The van der Waals surface area contributed by atoms with Crippen LogP contribution in [0.1, 0.15) is 23.5 Å². The summed E-state index contributed by atoms with van der Waals surface area (Å²) < 4.78 is 5.53. The second-order valence-corrected chi connectivity index (χ2v) is 3.75. The summed E-state index contributed by atoms with van der Waals surface area (Å²) in [6.45, 7) is 1.34. The lowest BCUT2D eigenvalue weighted by molar-refractivity contribution is 0.326. The smallest absolute Gasteiger partial charge is 0.122 e. The van der Waals surface area contributed by atoms with Crippen molar-refractivity contribution in [3.63, 3.8) is 0 Å². The highest BCUT2D eigenvalue weighted by molar-refractivity contribution is 5.95. The predicted octanol–water partition coefficient (Wildman–Crippen LogP) is 0.795. The van der Waals surface area contributed by atoms with Crippen LogP contribution in [0.4, 0.5) is 0 Å². The number of fused-ring (bicyclic) bond motifs is 1. The molecule has 1 aromatic rings. The molecule has 1 atom stereocenters. The van der Waals surface area contributed by atoms with Crippen molar-refractivity contribution in [1.82, 2.24) is 0 Å². The van der Waals surface area contributed by atoms with Crippen LogP contribution in [0.25, 0.3) is 0 Å². The maximum absolute atomic E-state index is 7.38.